The van der Waals surface area contributed by atoms with E-state index >= 15 is 0 Å². The number of carbonyl (C=O) groups is 1. The Labute approximate surface area is 68.8 Å². The molecule has 1 aromatic carbocycles. The van der Waals surface area contributed by atoms with Crippen LogP contribution in [0.2, 0.25) is 0 Å². The van der Waals surface area contributed by atoms with Crippen molar-refractivity contribution in [1.29, 1.82) is 0 Å². The molecule has 2 rings (SSSR count). The Morgan fingerprint density at radius 2 is 2.33 bits per heavy atom. The van der Waals surface area contributed by atoms with Crippen molar-refractivity contribution in [3.63, 3.8) is 0 Å². The van der Waals surface area contributed by atoms with Gasteiger partial charge in [-0.25, -0.2) is 0 Å². The molecule has 1 N–H and O–H groups in total. The standard InChI is InChI=1S/C8H5BO3/c10-8(11)5-1-2-6-7(3-5)12-4-9-6/h1-4H,(H,10,11). The Bertz CT molecular complexity index is 433. The molecule has 0 unspecified atom stereocenters. The SMILES string of the molecule is O=C(O)c1ccc2bcoc2c1. The van der Waals surface area contributed by atoms with Gasteiger partial charge in [-0.05, 0) is 0 Å². The van der Waals surface area contributed by atoms with Gasteiger partial charge in [-0.1, -0.05) is 0 Å². The second-order valence-electron chi connectivity index (χ2n) is 2.48. The molecule has 58 valence electrons. The Hall–Kier alpha value is -1.58. The molecule has 0 saturated heterocycles. The molecule has 0 aliphatic rings. The molecular weight excluding hydrogens is 155 g/mol. The Balaban J connectivity index is 2.68. The van der Waals surface area contributed by atoms with Gasteiger partial charge in [-0.3, -0.25) is 0 Å². The van der Waals surface area contributed by atoms with E-state index in [2.05, 4.69) is 0 Å². The third-order valence-corrected chi connectivity index (χ3v) is 1.70. The summed E-state index contributed by atoms with van der Waals surface area (Å²) in [5, 5.41) is 9.56. The van der Waals surface area contributed by atoms with Gasteiger partial charge in [0.15, 0.2) is 0 Å². The molecule has 4 heteroatoms. The third-order valence-electron chi connectivity index (χ3n) is 1.70. The van der Waals surface area contributed by atoms with Gasteiger partial charge in [0.05, 0.1) is 0 Å². The van der Waals surface area contributed by atoms with Crippen LogP contribution in [-0.4, -0.2) is 18.0 Å². The van der Waals surface area contributed by atoms with Crippen molar-refractivity contribution in [1.82, 2.24) is 0 Å². The van der Waals surface area contributed by atoms with E-state index < -0.39 is 5.97 Å². The second kappa shape index (κ2) is 2.48. The van der Waals surface area contributed by atoms with Crippen molar-refractivity contribution < 1.29 is 14.3 Å². The van der Waals surface area contributed by atoms with Crippen molar-refractivity contribution in [2.24, 2.45) is 0 Å². The topological polar surface area (TPSA) is 50.4 Å². The summed E-state index contributed by atoms with van der Waals surface area (Å²) in [5.74, 6) is -0.937. The van der Waals surface area contributed by atoms with Crippen molar-refractivity contribution in [2.75, 3.05) is 0 Å². The van der Waals surface area contributed by atoms with Crippen LogP contribution in [0, 0.1) is 0 Å². The summed E-state index contributed by atoms with van der Waals surface area (Å²) in [6.07, 6.45) is 1.54. The molecule has 3 nitrogen and oxygen atoms in total. The van der Waals surface area contributed by atoms with E-state index in [4.69, 9.17) is 9.52 Å². The van der Waals surface area contributed by atoms with Crippen LogP contribution in [0.1, 0.15) is 10.4 Å². The van der Waals surface area contributed by atoms with Gasteiger partial charge >= 0.3 is 68.0 Å². The van der Waals surface area contributed by atoms with Gasteiger partial charge in [-0.15, -0.1) is 0 Å². The quantitative estimate of drug-likeness (QED) is 0.686. The molecule has 0 fully saturated rings. The molecule has 0 bridgehead atoms. The zero-order valence-electron chi connectivity index (χ0n) is 6.15. The molecule has 12 heavy (non-hydrogen) atoms. The van der Waals surface area contributed by atoms with Crippen molar-refractivity contribution >= 4 is 23.7 Å². The molecule has 0 radical (unpaired) electrons. The molecule has 0 aliphatic carbocycles. The van der Waals surface area contributed by atoms with Crippen LogP contribution in [0.25, 0.3) is 10.9 Å². The minimum atomic E-state index is -0.937. The number of hydrogen-bond acceptors (Lipinski definition) is 2. The number of rotatable bonds is 1. The van der Waals surface area contributed by atoms with Gasteiger partial charge in [0.2, 0.25) is 0 Å². The molecule has 0 saturated carbocycles. The normalized spacial score (nSPS) is 10.0. The average molecular weight is 160 g/mol. The van der Waals surface area contributed by atoms with E-state index in [0.717, 1.165) is 5.28 Å². The van der Waals surface area contributed by atoms with Crippen molar-refractivity contribution in [3.8, 4) is 0 Å². The first-order valence-corrected chi connectivity index (χ1v) is 3.48. The van der Waals surface area contributed by atoms with Crippen LogP contribution < -0.4 is 0 Å². The molecule has 2 aromatic rings. The van der Waals surface area contributed by atoms with Gasteiger partial charge < -0.3 is 0 Å². The average Bonchev–Trinajstić information content (AvgIpc) is 2.49. The summed E-state index contributed by atoms with van der Waals surface area (Å²) in [5.41, 5.74) is 0.854. The summed E-state index contributed by atoms with van der Waals surface area (Å²) >= 11 is 0. The summed E-state index contributed by atoms with van der Waals surface area (Å²) < 4.78 is 5.05. The molecule has 0 spiro atoms. The van der Waals surface area contributed by atoms with E-state index in [1.54, 1.807) is 19.0 Å². The zero-order valence-corrected chi connectivity index (χ0v) is 6.15. The maximum atomic E-state index is 10.5. The van der Waals surface area contributed by atoms with Crippen LogP contribution >= 0.6 is 0 Å². The number of carboxylic acid groups (broad SMARTS) is 1. The number of benzene rings is 1. The fraction of sp³-hybridized carbons (Fsp3) is 0. The van der Waals surface area contributed by atoms with Crippen LogP contribution in [0.5, 0.6) is 0 Å². The maximum absolute atomic E-state index is 10.5. The van der Waals surface area contributed by atoms with E-state index in [1.165, 1.54) is 12.2 Å². The fourth-order valence-corrected chi connectivity index (χ4v) is 1.09. The first-order chi connectivity index (χ1) is 5.77. The van der Waals surface area contributed by atoms with Crippen LogP contribution in [0.3, 0.4) is 0 Å². The van der Waals surface area contributed by atoms with E-state index in [9.17, 15) is 4.79 Å². The van der Waals surface area contributed by atoms with Crippen LogP contribution in [-0.2, 0) is 0 Å². The molecule has 0 amide bonds. The predicted molar refractivity (Wildman–Crippen MR) is 44.5 cm³/mol. The zero-order chi connectivity index (χ0) is 8.55. The summed E-state index contributed by atoms with van der Waals surface area (Å²) in [6.45, 7) is 1.79. The number of fused-ring (bicyclic) bond motifs is 1. The number of carboxylic acids is 1. The fourth-order valence-electron chi connectivity index (χ4n) is 1.09. The summed E-state index contributed by atoms with van der Waals surface area (Å²) in [6, 6.07) is 4.79. The third kappa shape index (κ3) is 1.01. The Morgan fingerprint density at radius 1 is 1.50 bits per heavy atom. The summed E-state index contributed by atoms with van der Waals surface area (Å²) in [7, 11) is 0. The van der Waals surface area contributed by atoms with Crippen molar-refractivity contribution in [3.05, 3.63) is 29.9 Å². The van der Waals surface area contributed by atoms with Crippen molar-refractivity contribution in [2.45, 2.75) is 0 Å². The molecule has 1 heterocycles. The Morgan fingerprint density at radius 3 is 3.08 bits per heavy atom. The Kier molecular flexibility index (Phi) is 1.47. The summed E-state index contributed by atoms with van der Waals surface area (Å²) in [4.78, 5) is 10.5. The minimum absolute atomic E-state index is 0.248. The molecule has 0 aliphatic heterocycles. The monoisotopic (exact) mass is 160 g/mol. The predicted octanol–water partition coefficient (Wildman–Crippen LogP) is 1.47. The second-order valence-corrected chi connectivity index (χ2v) is 2.48. The molecule has 1 aromatic heterocycles. The van der Waals surface area contributed by atoms with Gasteiger partial charge in [0.1, 0.15) is 0 Å². The first kappa shape index (κ1) is 7.09. The van der Waals surface area contributed by atoms with E-state index in [1.807, 2.05) is 0 Å². The van der Waals surface area contributed by atoms with Crippen LogP contribution in [0.4, 0.5) is 0 Å². The first-order valence-electron chi connectivity index (χ1n) is 3.48. The van der Waals surface area contributed by atoms with Crippen LogP contribution in [0.15, 0.2) is 28.8 Å². The van der Waals surface area contributed by atoms with Gasteiger partial charge in [0, 0.05) is 0 Å². The number of aromatic carboxylic acids is 1. The number of hydrogen-bond donors (Lipinski definition) is 1. The van der Waals surface area contributed by atoms with Gasteiger partial charge in [-0.2, -0.15) is 0 Å². The van der Waals surface area contributed by atoms with E-state index in [0.29, 0.717) is 5.58 Å². The molecular formula is C8H5BO3. The van der Waals surface area contributed by atoms with E-state index in [-0.39, 0.29) is 5.56 Å². The molecule has 0 atom stereocenters. The van der Waals surface area contributed by atoms with Gasteiger partial charge in [0.25, 0.3) is 0 Å².